The molecule has 9 heteroatoms. The first-order valence-corrected chi connectivity index (χ1v) is 17.1. The number of ketones is 1. The van der Waals surface area contributed by atoms with Crippen LogP contribution in [0, 0.1) is 11.3 Å². The van der Waals surface area contributed by atoms with E-state index < -0.39 is 17.6 Å². The van der Waals surface area contributed by atoms with Gasteiger partial charge in [-0.3, -0.25) is 9.59 Å². The van der Waals surface area contributed by atoms with Gasteiger partial charge >= 0.3 is 12.1 Å². The maximum absolute atomic E-state index is 13.1. The molecule has 0 aromatic heterocycles. The number of alkyl carbamates (subject to hydrolysis) is 1. The Balaban J connectivity index is 2.67. The van der Waals surface area contributed by atoms with Gasteiger partial charge in [-0.2, -0.15) is 11.8 Å². The van der Waals surface area contributed by atoms with Crippen molar-refractivity contribution in [2.45, 2.75) is 98.8 Å². The van der Waals surface area contributed by atoms with Crippen molar-refractivity contribution in [3.05, 3.63) is 71.9 Å². The number of nitrogens with one attached hydrogen (secondary N) is 2. The number of rotatable bonds is 18. The molecule has 1 aliphatic rings. The highest BCUT2D eigenvalue weighted by atomic mass is 32.2. The molecule has 0 aromatic rings. The van der Waals surface area contributed by atoms with Crippen molar-refractivity contribution in [2.24, 2.45) is 11.3 Å². The third-order valence-corrected chi connectivity index (χ3v) is 7.83. The van der Waals surface area contributed by atoms with Gasteiger partial charge in [-0.1, -0.05) is 88.0 Å². The number of esters is 1. The van der Waals surface area contributed by atoms with Crippen LogP contribution in [-0.4, -0.2) is 60.6 Å². The van der Waals surface area contributed by atoms with E-state index >= 15 is 0 Å². The molecule has 250 valence electrons. The van der Waals surface area contributed by atoms with E-state index in [9.17, 15) is 19.2 Å². The summed E-state index contributed by atoms with van der Waals surface area (Å²) < 4.78 is 11.1. The largest absolute Gasteiger partial charge is 0.458 e. The first kappa shape index (κ1) is 39.7. The Morgan fingerprint density at radius 1 is 1.13 bits per heavy atom. The minimum Gasteiger partial charge on any atom is -0.458 e. The third-order valence-electron chi connectivity index (χ3n) is 7.13. The van der Waals surface area contributed by atoms with Gasteiger partial charge in [-0.25, -0.2) is 9.59 Å². The topological polar surface area (TPSA) is 111 Å². The van der Waals surface area contributed by atoms with Crippen LogP contribution >= 0.6 is 11.8 Å². The molecule has 2 N–H and O–H groups in total. The predicted octanol–water partition coefficient (Wildman–Crippen LogP) is 7.19. The average molecular weight is 643 g/mol. The summed E-state index contributed by atoms with van der Waals surface area (Å²) in [6, 6.07) is -0.677. The fourth-order valence-corrected chi connectivity index (χ4v) is 4.95. The summed E-state index contributed by atoms with van der Waals surface area (Å²) in [4.78, 5) is 49.8. The minimum absolute atomic E-state index is 0.0496. The Hall–Kier alpha value is -3.33. The standard InChI is InChI=1S/C36H54N2O6S/c1-9-10-17-29(43-35(42)37-23-15-24-45-8)18-12-13-19-30(39)33(36(5,6)7)38-32(40)20-14-11-16-26(2)25-28(4)31-22-21-27(3)34(41)44-31/h9-14,16,20-21,25,28-29,31,33H,15,17-19,22-24H2,1-8H3,(H,37,42)(H,38,40)/b10-9-,13-12-,16-11-,20-14-,26-25+/t28-,29-,31-,33+/m0/s1. The molecule has 45 heavy (non-hydrogen) atoms. The SMILES string of the molecule is C/C=C\C[C@@H](C/C=C\CC(=O)[C@@H](NC(=O)\C=C/C=C\C(C)=C\[C@H](C)[C@@H]1CC=C(C)C(=O)O1)C(C)(C)C)OC(=O)NCCCSC. The van der Waals surface area contributed by atoms with E-state index in [0.717, 1.165) is 17.7 Å². The van der Waals surface area contributed by atoms with Crippen molar-refractivity contribution >= 4 is 35.5 Å². The minimum atomic E-state index is -0.677. The smallest absolute Gasteiger partial charge is 0.407 e. The van der Waals surface area contributed by atoms with Crippen molar-refractivity contribution < 1.29 is 28.7 Å². The van der Waals surface area contributed by atoms with E-state index in [-0.39, 0.29) is 42.2 Å². The Morgan fingerprint density at radius 3 is 2.47 bits per heavy atom. The molecule has 0 spiro atoms. The molecule has 0 fully saturated rings. The average Bonchev–Trinajstić information content (AvgIpc) is 2.97. The Bertz CT molecular complexity index is 1160. The fraction of sp³-hybridized carbons (Fsp3) is 0.556. The van der Waals surface area contributed by atoms with Crippen LogP contribution in [-0.2, 0) is 23.9 Å². The molecule has 0 aromatic carbocycles. The predicted molar refractivity (Wildman–Crippen MR) is 185 cm³/mol. The highest BCUT2D eigenvalue weighted by Crippen LogP contribution is 2.23. The van der Waals surface area contributed by atoms with Gasteiger partial charge in [-0.15, -0.1) is 0 Å². The first-order valence-electron chi connectivity index (χ1n) is 15.7. The summed E-state index contributed by atoms with van der Waals surface area (Å²) in [5, 5.41) is 5.64. The van der Waals surface area contributed by atoms with Crippen LogP contribution in [0.25, 0.3) is 0 Å². The number of carbonyl (C=O) groups excluding carboxylic acids is 4. The number of thioether (sulfide) groups is 1. The lowest BCUT2D eigenvalue weighted by Gasteiger charge is -2.29. The summed E-state index contributed by atoms with van der Waals surface area (Å²) in [5.74, 6) is 0.295. The van der Waals surface area contributed by atoms with Crippen LogP contribution in [0.1, 0.15) is 80.6 Å². The number of hydrogen-bond donors (Lipinski definition) is 2. The number of cyclic esters (lactones) is 1. The monoisotopic (exact) mass is 642 g/mol. The normalized spacial score (nSPS) is 18.2. The first-order chi connectivity index (χ1) is 21.3. The lowest BCUT2D eigenvalue weighted by Crippen LogP contribution is -2.48. The molecule has 0 saturated heterocycles. The van der Waals surface area contributed by atoms with Crippen LogP contribution in [0.3, 0.4) is 0 Å². The molecular formula is C36H54N2O6S. The summed E-state index contributed by atoms with van der Waals surface area (Å²) in [6.45, 7) is 13.9. The lowest BCUT2D eigenvalue weighted by molar-refractivity contribution is -0.147. The summed E-state index contributed by atoms with van der Waals surface area (Å²) >= 11 is 1.73. The second kappa shape index (κ2) is 21.4. The van der Waals surface area contributed by atoms with Crippen molar-refractivity contribution in [3.8, 4) is 0 Å². The molecule has 0 aliphatic carbocycles. The molecule has 2 amide bonds. The number of carbonyl (C=O) groups is 4. The van der Waals surface area contributed by atoms with E-state index in [1.165, 1.54) is 6.08 Å². The van der Waals surface area contributed by atoms with Gasteiger partial charge in [0.25, 0.3) is 0 Å². The Labute approximate surface area is 274 Å². The van der Waals surface area contributed by atoms with Gasteiger partial charge < -0.3 is 20.1 Å². The van der Waals surface area contributed by atoms with E-state index in [1.54, 1.807) is 36.9 Å². The van der Waals surface area contributed by atoms with Crippen molar-refractivity contribution in [1.82, 2.24) is 10.6 Å². The number of ether oxygens (including phenoxy) is 2. The van der Waals surface area contributed by atoms with Gasteiger partial charge in [0, 0.05) is 49.8 Å². The second-order valence-electron chi connectivity index (χ2n) is 12.3. The third kappa shape index (κ3) is 17.1. The molecule has 4 atom stereocenters. The van der Waals surface area contributed by atoms with E-state index in [4.69, 9.17) is 9.47 Å². The molecular weight excluding hydrogens is 588 g/mol. The molecule has 0 radical (unpaired) electrons. The van der Waals surface area contributed by atoms with Crippen LogP contribution < -0.4 is 10.6 Å². The van der Waals surface area contributed by atoms with E-state index in [2.05, 4.69) is 10.6 Å². The van der Waals surface area contributed by atoms with E-state index in [0.29, 0.717) is 31.4 Å². The van der Waals surface area contributed by atoms with Gasteiger partial charge in [0.1, 0.15) is 12.2 Å². The quantitative estimate of drug-likeness (QED) is 0.0535. The van der Waals surface area contributed by atoms with Gasteiger partial charge in [-0.05, 0) is 44.6 Å². The molecule has 8 nitrogen and oxygen atoms in total. The van der Waals surface area contributed by atoms with Gasteiger partial charge in [0.15, 0.2) is 5.78 Å². The molecule has 1 aliphatic heterocycles. The van der Waals surface area contributed by atoms with Crippen molar-refractivity contribution in [1.29, 1.82) is 0 Å². The summed E-state index contributed by atoms with van der Waals surface area (Å²) in [7, 11) is 0. The highest BCUT2D eigenvalue weighted by Gasteiger charge is 2.31. The van der Waals surface area contributed by atoms with Crippen LogP contribution in [0.15, 0.2) is 71.9 Å². The highest BCUT2D eigenvalue weighted by molar-refractivity contribution is 7.98. The lowest BCUT2D eigenvalue weighted by atomic mass is 9.83. The molecule has 0 unspecified atom stereocenters. The molecule has 1 heterocycles. The zero-order valence-corrected chi connectivity index (χ0v) is 29.2. The maximum Gasteiger partial charge on any atom is 0.407 e. The Kier molecular flexibility index (Phi) is 18.9. The number of Topliss-reactive ketones (excluding diaryl/α,β-unsaturated/α-hetero) is 1. The zero-order valence-electron chi connectivity index (χ0n) is 28.4. The van der Waals surface area contributed by atoms with Gasteiger partial charge in [0.05, 0.1) is 6.04 Å². The molecule has 0 bridgehead atoms. The van der Waals surface area contributed by atoms with E-state index in [1.807, 2.05) is 84.3 Å². The molecule has 0 saturated carbocycles. The number of hydrogen-bond acceptors (Lipinski definition) is 7. The zero-order chi connectivity index (χ0) is 33.8. The summed E-state index contributed by atoms with van der Waals surface area (Å²) in [6.07, 6.45) is 22.0. The van der Waals surface area contributed by atoms with Crippen molar-refractivity contribution in [3.63, 3.8) is 0 Å². The number of amides is 2. The van der Waals surface area contributed by atoms with Crippen molar-refractivity contribution in [2.75, 3.05) is 18.6 Å². The maximum atomic E-state index is 13.1. The van der Waals surface area contributed by atoms with Gasteiger partial charge in [0.2, 0.25) is 5.91 Å². The summed E-state index contributed by atoms with van der Waals surface area (Å²) in [5.41, 5.74) is 1.14. The fourth-order valence-electron chi connectivity index (χ4n) is 4.52. The van der Waals surface area contributed by atoms with Crippen LogP contribution in [0.2, 0.25) is 0 Å². The number of allylic oxidation sites excluding steroid dienone is 6. The second-order valence-corrected chi connectivity index (χ2v) is 13.3. The van der Waals surface area contributed by atoms with Crippen LogP contribution in [0.4, 0.5) is 4.79 Å². The molecule has 1 rings (SSSR count). The van der Waals surface area contributed by atoms with Crippen LogP contribution in [0.5, 0.6) is 0 Å². The Morgan fingerprint density at radius 2 is 1.82 bits per heavy atom.